The van der Waals surface area contributed by atoms with Crippen LogP contribution in [-0.4, -0.2) is 43.9 Å². The maximum Gasteiger partial charge on any atom is 0.177 e. The molecule has 7 heteroatoms. The lowest BCUT2D eigenvalue weighted by atomic mass is 10.1. The van der Waals surface area contributed by atoms with E-state index < -0.39 is 0 Å². The van der Waals surface area contributed by atoms with E-state index in [4.69, 9.17) is 0 Å². The number of aromatic nitrogens is 5. The average molecular weight is 333 g/mol. The summed E-state index contributed by atoms with van der Waals surface area (Å²) < 4.78 is 1.72. The Morgan fingerprint density at radius 1 is 1.20 bits per heavy atom. The number of anilines is 1. The van der Waals surface area contributed by atoms with Gasteiger partial charge in [-0.15, -0.1) is 15.3 Å². The van der Waals surface area contributed by atoms with E-state index in [2.05, 4.69) is 54.8 Å². The highest BCUT2D eigenvalue weighted by atomic mass is 15.4. The summed E-state index contributed by atoms with van der Waals surface area (Å²) in [5.41, 5.74) is 3.31. The molecule has 0 aliphatic carbocycles. The van der Waals surface area contributed by atoms with Crippen LogP contribution in [0.3, 0.4) is 0 Å². The van der Waals surface area contributed by atoms with Crippen molar-refractivity contribution in [2.75, 3.05) is 18.0 Å². The fraction of sp³-hybridized carbons (Fsp3) is 0.278. The summed E-state index contributed by atoms with van der Waals surface area (Å²) >= 11 is 0. The van der Waals surface area contributed by atoms with Crippen LogP contribution >= 0.6 is 0 Å². The van der Waals surface area contributed by atoms with E-state index in [9.17, 15) is 0 Å². The summed E-state index contributed by atoms with van der Waals surface area (Å²) in [5.74, 6) is 0.975. The Morgan fingerprint density at radius 3 is 3.20 bits per heavy atom. The van der Waals surface area contributed by atoms with Gasteiger partial charge in [-0.1, -0.05) is 18.2 Å². The second-order valence-electron chi connectivity index (χ2n) is 6.50. The predicted octanol–water partition coefficient (Wildman–Crippen LogP) is 1.97. The monoisotopic (exact) mass is 333 g/mol. The van der Waals surface area contributed by atoms with Gasteiger partial charge in [0.05, 0.1) is 0 Å². The van der Waals surface area contributed by atoms with Gasteiger partial charge in [-0.05, 0) is 35.6 Å². The molecular formula is C18H19N7. The summed E-state index contributed by atoms with van der Waals surface area (Å²) in [4.78, 5) is 5.65. The van der Waals surface area contributed by atoms with Crippen molar-refractivity contribution >= 4 is 22.4 Å². The molecule has 1 aromatic carbocycles. The van der Waals surface area contributed by atoms with Crippen LogP contribution in [0.2, 0.25) is 0 Å². The number of hydrogen-bond donors (Lipinski definition) is 2. The largest absolute Gasteiger partial charge is 0.361 e. The molecule has 0 saturated carbocycles. The lowest BCUT2D eigenvalue weighted by molar-refractivity contribution is 0.552. The molecule has 1 atom stereocenters. The van der Waals surface area contributed by atoms with Gasteiger partial charge in [0.1, 0.15) is 12.1 Å². The molecule has 0 radical (unpaired) electrons. The van der Waals surface area contributed by atoms with Crippen molar-refractivity contribution in [2.45, 2.75) is 19.0 Å². The van der Waals surface area contributed by atoms with Crippen LogP contribution in [0.15, 0.2) is 48.9 Å². The molecule has 1 saturated heterocycles. The van der Waals surface area contributed by atoms with Gasteiger partial charge < -0.3 is 15.2 Å². The summed E-state index contributed by atoms with van der Waals surface area (Å²) in [5, 5.41) is 17.4. The predicted molar refractivity (Wildman–Crippen MR) is 96.5 cm³/mol. The Morgan fingerprint density at radius 2 is 2.20 bits per heavy atom. The van der Waals surface area contributed by atoms with Gasteiger partial charge in [-0.2, -0.15) is 4.52 Å². The third-order valence-corrected chi connectivity index (χ3v) is 4.91. The summed E-state index contributed by atoms with van der Waals surface area (Å²) in [6.45, 7) is 2.83. The van der Waals surface area contributed by atoms with Gasteiger partial charge in [0, 0.05) is 37.4 Å². The van der Waals surface area contributed by atoms with E-state index in [1.54, 1.807) is 10.8 Å². The minimum atomic E-state index is 0.462. The zero-order valence-corrected chi connectivity index (χ0v) is 13.8. The van der Waals surface area contributed by atoms with Gasteiger partial charge in [-0.3, -0.25) is 0 Å². The second kappa shape index (κ2) is 5.86. The Bertz CT molecular complexity index is 1020. The number of fused-ring (bicyclic) bond motifs is 2. The first kappa shape index (κ1) is 14.4. The SMILES string of the molecule is c1cc(CNC2CCN(c3ccc4nncn4n3)C2)c2[nH]ccc2c1. The molecule has 3 aromatic heterocycles. The normalized spacial score (nSPS) is 17.8. The number of rotatable bonds is 4. The maximum atomic E-state index is 4.59. The van der Waals surface area contributed by atoms with E-state index in [1.165, 1.54) is 16.5 Å². The van der Waals surface area contributed by atoms with Gasteiger partial charge in [-0.25, -0.2) is 0 Å². The van der Waals surface area contributed by atoms with Crippen molar-refractivity contribution in [1.82, 2.24) is 30.1 Å². The first-order valence-corrected chi connectivity index (χ1v) is 8.57. The van der Waals surface area contributed by atoms with E-state index >= 15 is 0 Å². The molecule has 25 heavy (non-hydrogen) atoms. The third-order valence-electron chi connectivity index (χ3n) is 4.91. The molecule has 5 rings (SSSR count). The van der Waals surface area contributed by atoms with Gasteiger partial charge in [0.15, 0.2) is 5.65 Å². The zero-order valence-electron chi connectivity index (χ0n) is 13.8. The molecule has 0 bridgehead atoms. The zero-order chi connectivity index (χ0) is 16.6. The van der Waals surface area contributed by atoms with Crippen LogP contribution < -0.4 is 10.2 Å². The molecule has 1 unspecified atom stereocenters. The number of nitrogens with zero attached hydrogens (tertiary/aromatic N) is 5. The van der Waals surface area contributed by atoms with Crippen LogP contribution in [0.1, 0.15) is 12.0 Å². The molecular weight excluding hydrogens is 314 g/mol. The molecule has 2 N–H and O–H groups in total. The molecule has 0 spiro atoms. The highest BCUT2D eigenvalue weighted by molar-refractivity contribution is 5.82. The van der Waals surface area contributed by atoms with Gasteiger partial charge in [0.25, 0.3) is 0 Å². The third kappa shape index (κ3) is 2.62. The standard InChI is InChI=1S/C18H19N7/c1-2-13-6-8-19-18(13)14(3-1)10-20-15-7-9-24(11-15)17-5-4-16-22-21-12-25(16)23-17/h1-6,8,12,15,19-20H,7,9-11H2. The van der Waals surface area contributed by atoms with Crippen LogP contribution in [0.25, 0.3) is 16.6 Å². The summed E-state index contributed by atoms with van der Waals surface area (Å²) in [6.07, 6.45) is 4.75. The molecule has 4 aromatic rings. The van der Waals surface area contributed by atoms with Crippen molar-refractivity contribution in [3.8, 4) is 0 Å². The first-order valence-electron chi connectivity index (χ1n) is 8.57. The van der Waals surface area contributed by atoms with Crippen LogP contribution in [0.5, 0.6) is 0 Å². The lowest BCUT2D eigenvalue weighted by Crippen LogP contribution is -2.32. The molecule has 0 amide bonds. The quantitative estimate of drug-likeness (QED) is 0.597. The number of aromatic amines is 1. The number of para-hydroxylation sites is 1. The number of hydrogen-bond acceptors (Lipinski definition) is 5. The number of benzene rings is 1. The highest BCUT2D eigenvalue weighted by Gasteiger charge is 2.23. The Labute approximate surface area is 144 Å². The maximum absolute atomic E-state index is 4.59. The smallest absolute Gasteiger partial charge is 0.177 e. The van der Waals surface area contributed by atoms with Crippen molar-refractivity contribution in [3.05, 3.63) is 54.5 Å². The minimum Gasteiger partial charge on any atom is -0.361 e. The van der Waals surface area contributed by atoms with Crippen molar-refractivity contribution in [2.24, 2.45) is 0 Å². The van der Waals surface area contributed by atoms with Crippen molar-refractivity contribution < 1.29 is 0 Å². The minimum absolute atomic E-state index is 0.462. The summed E-state index contributed by atoms with van der Waals surface area (Å²) in [7, 11) is 0. The molecule has 4 heterocycles. The van der Waals surface area contributed by atoms with Gasteiger partial charge >= 0.3 is 0 Å². The lowest BCUT2D eigenvalue weighted by Gasteiger charge is -2.18. The van der Waals surface area contributed by atoms with E-state index in [0.29, 0.717) is 6.04 Å². The Hall–Kier alpha value is -2.93. The number of H-pyrrole nitrogens is 1. The van der Waals surface area contributed by atoms with Crippen molar-refractivity contribution in [1.29, 1.82) is 0 Å². The topological polar surface area (TPSA) is 74.1 Å². The first-order chi connectivity index (χ1) is 12.4. The fourth-order valence-electron chi connectivity index (χ4n) is 3.57. The Balaban J connectivity index is 1.27. The molecule has 1 aliphatic heterocycles. The molecule has 1 aliphatic rings. The molecule has 1 fully saturated rings. The van der Waals surface area contributed by atoms with Crippen LogP contribution in [-0.2, 0) is 6.54 Å². The van der Waals surface area contributed by atoms with E-state index in [1.807, 2.05) is 18.3 Å². The highest BCUT2D eigenvalue weighted by Crippen LogP contribution is 2.20. The average Bonchev–Trinajstić information content (AvgIpc) is 3.38. The number of nitrogens with one attached hydrogen (secondary N) is 2. The fourth-order valence-corrected chi connectivity index (χ4v) is 3.57. The Kier molecular flexibility index (Phi) is 3.38. The second-order valence-corrected chi connectivity index (χ2v) is 6.50. The van der Waals surface area contributed by atoms with E-state index in [0.717, 1.165) is 37.5 Å². The summed E-state index contributed by atoms with van der Waals surface area (Å²) in [6, 6.07) is 13.0. The van der Waals surface area contributed by atoms with Gasteiger partial charge in [0.2, 0.25) is 0 Å². The van der Waals surface area contributed by atoms with E-state index in [-0.39, 0.29) is 0 Å². The molecule has 126 valence electrons. The van der Waals surface area contributed by atoms with Crippen LogP contribution in [0.4, 0.5) is 5.82 Å². The molecule has 7 nitrogen and oxygen atoms in total. The van der Waals surface area contributed by atoms with Crippen LogP contribution in [0, 0.1) is 0 Å². The van der Waals surface area contributed by atoms with Crippen molar-refractivity contribution in [3.63, 3.8) is 0 Å².